The molecular formula is C10H14N2O3S. The van der Waals surface area contributed by atoms with Crippen molar-refractivity contribution >= 4 is 17.7 Å². The van der Waals surface area contributed by atoms with Crippen molar-refractivity contribution in [1.82, 2.24) is 10.2 Å². The second kappa shape index (κ2) is 4.45. The summed E-state index contributed by atoms with van der Waals surface area (Å²) < 4.78 is 5.24. The van der Waals surface area contributed by atoms with Gasteiger partial charge in [0.2, 0.25) is 11.8 Å². The van der Waals surface area contributed by atoms with Gasteiger partial charge in [0.15, 0.2) is 0 Å². The number of nitrogens with zero attached hydrogens (tertiary/aromatic N) is 2. The Morgan fingerprint density at radius 2 is 2.31 bits per heavy atom. The zero-order valence-corrected chi connectivity index (χ0v) is 9.92. The van der Waals surface area contributed by atoms with Gasteiger partial charge in [-0.15, -0.1) is 10.2 Å². The first-order valence-electron chi connectivity index (χ1n) is 5.18. The average molecular weight is 242 g/mol. The molecule has 1 aromatic heterocycles. The molecule has 1 heterocycles. The highest BCUT2D eigenvalue weighted by Gasteiger charge is 2.44. The van der Waals surface area contributed by atoms with Crippen molar-refractivity contribution in [2.45, 2.75) is 31.9 Å². The number of carbonyl (C=O) groups is 1. The minimum atomic E-state index is -0.702. The van der Waals surface area contributed by atoms with Crippen LogP contribution < -0.4 is 0 Å². The summed E-state index contributed by atoms with van der Waals surface area (Å²) in [6, 6.07) is 0. The van der Waals surface area contributed by atoms with Crippen molar-refractivity contribution in [2.75, 3.05) is 5.75 Å². The number of hydrogen-bond donors (Lipinski definition) is 1. The van der Waals surface area contributed by atoms with Crippen molar-refractivity contribution in [3.8, 4) is 0 Å². The first kappa shape index (κ1) is 11.4. The minimum absolute atomic E-state index is 0.0333. The second-order valence-electron chi connectivity index (χ2n) is 4.28. The van der Waals surface area contributed by atoms with Gasteiger partial charge in [0.1, 0.15) is 0 Å². The first-order chi connectivity index (χ1) is 7.60. The molecule has 1 aliphatic carbocycles. The van der Waals surface area contributed by atoms with Crippen LogP contribution in [0.25, 0.3) is 0 Å². The van der Waals surface area contributed by atoms with E-state index in [4.69, 9.17) is 9.52 Å². The van der Waals surface area contributed by atoms with Gasteiger partial charge in [0, 0.05) is 6.92 Å². The Bertz CT molecular complexity index is 387. The van der Waals surface area contributed by atoms with Gasteiger partial charge < -0.3 is 9.52 Å². The fourth-order valence-corrected chi connectivity index (χ4v) is 2.84. The molecule has 16 heavy (non-hydrogen) atoms. The number of thioether (sulfide) groups is 1. The van der Waals surface area contributed by atoms with E-state index in [1.165, 1.54) is 0 Å². The molecule has 0 aliphatic heterocycles. The Labute approximate surface area is 97.6 Å². The highest BCUT2D eigenvalue weighted by molar-refractivity contribution is 7.98. The number of aryl methyl sites for hydroxylation is 1. The summed E-state index contributed by atoms with van der Waals surface area (Å²) in [7, 11) is 0. The smallest absolute Gasteiger partial charge is 0.303 e. The van der Waals surface area contributed by atoms with E-state index in [2.05, 4.69) is 10.2 Å². The predicted molar refractivity (Wildman–Crippen MR) is 59.1 cm³/mol. The largest absolute Gasteiger partial charge is 0.481 e. The molecular weight excluding hydrogens is 228 g/mol. The van der Waals surface area contributed by atoms with E-state index in [1.54, 1.807) is 18.7 Å². The molecule has 0 unspecified atom stereocenters. The van der Waals surface area contributed by atoms with Crippen molar-refractivity contribution in [1.29, 1.82) is 0 Å². The van der Waals surface area contributed by atoms with E-state index in [-0.39, 0.29) is 11.8 Å². The molecule has 0 radical (unpaired) electrons. The van der Waals surface area contributed by atoms with Gasteiger partial charge in [-0.3, -0.25) is 4.79 Å². The second-order valence-corrected chi connectivity index (χ2v) is 5.26. The van der Waals surface area contributed by atoms with Gasteiger partial charge in [-0.2, -0.15) is 11.8 Å². The molecule has 1 aliphatic rings. The van der Waals surface area contributed by atoms with E-state index >= 15 is 0 Å². The maximum atomic E-state index is 10.6. The zero-order chi connectivity index (χ0) is 11.6. The normalized spacial score (nSPS) is 17.3. The molecule has 0 bridgehead atoms. The van der Waals surface area contributed by atoms with Crippen LogP contribution in [-0.2, 0) is 10.5 Å². The van der Waals surface area contributed by atoms with Crippen LogP contribution in [0.5, 0.6) is 0 Å². The Morgan fingerprint density at radius 3 is 2.81 bits per heavy atom. The van der Waals surface area contributed by atoms with Crippen LogP contribution in [0.1, 0.15) is 31.0 Å². The van der Waals surface area contributed by atoms with Crippen molar-refractivity contribution in [3.63, 3.8) is 0 Å². The standard InChI is InChI=1S/C10H14N2O3S/c1-7-11-12-8(15-7)5-16-6-10(2-3-10)4-9(13)14/h2-6H2,1H3,(H,13,14). The minimum Gasteiger partial charge on any atom is -0.481 e. The molecule has 1 N–H and O–H groups in total. The monoisotopic (exact) mass is 242 g/mol. The van der Waals surface area contributed by atoms with Crippen LogP contribution in [0.2, 0.25) is 0 Å². The van der Waals surface area contributed by atoms with Crippen LogP contribution in [0.4, 0.5) is 0 Å². The van der Waals surface area contributed by atoms with Gasteiger partial charge in [0.25, 0.3) is 0 Å². The van der Waals surface area contributed by atoms with Crippen molar-refractivity contribution in [2.24, 2.45) is 5.41 Å². The fourth-order valence-electron chi connectivity index (χ4n) is 1.62. The third-order valence-corrected chi connectivity index (χ3v) is 3.95. The van der Waals surface area contributed by atoms with E-state index in [0.29, 0.717) is 17.5 Å². The van der Waals surface area contributed by atoms with Crippen LogP contribution in [0.15, 0.2) is 4.42 Å². The van der Waals surface area contributed by atoms with Gasteiger partial charge >= 0.3 is 5.97 Å². The number of carboxylic acids is 1. The SMILES string of the molecule is Cc1nnc(CSCC2(CC(=O)O)CC2)o1. The lowest BCUT2D eigenvalue weighted by Crippen LogP contribution is -2.11. The summed E-state index contributed by atoms with van der Waals surface area (Å²) in [5.74, 6) is 2.02. The van der Waals surface area contributed by atoms with E-state index in [0.717, 1.165) is 18.6 Å². The summed E-state index contributed by atoms with van der Waals surface area (Å²) in [5.41, 5.74) is 0.0333. The van der Waals surface area contributed by atoms with Crippen LogP contribution >= 0.6 is 11.8 Å². The average Bonchev–Trinajstić information content (AvgIpc) is 2.80. The quantitative estimate of drug-likeness (QED) is 0.820. The lowest BCUT2D eigenvalue weighted by atomic mass is 10.1. The predicted octanol–water partition coefficient (Wildman–Crippen LogP) is 1.87. The molecule has 0 aromatic carbocycles. The third-order valence-electron chi connectivity index (χ3n) is 2.68. The number of aromatic nitrogens is 2. The third kappa shape index (κ3) is 2.98. The number of carboxylic acid groups (broad SMARTS) is 1. The van der Waals surface area contributed by atoms with E-state index in [1.807, 2.05) is 0 Å². The van der Waals surface area contributed by atoms with E-state index in [9.17, 15) is 4.79 Å². The Balaban J connectivity index is 1.74. The summed E-state index contributed by atoms with van der Waals surface area (Å²) >= 11 is 1.67. The van der Waals surface area contributed by atoms with E-state index < -0.39 is 5.97 Å². The molecule has 6 heteroatoms. The highest BCUT2D eigenvalue weighted by atomic mass is 32.2. The Hall–Kier alpha value is -1.04. The maximum Gasteiger partial charge on any atom is 0.303 e. The molecule has 1 saturated carbocycles. The summed E-state index contributed by atoms with van der Waals surface area (Å²) in [6.45, 7) is 1.76. The molecule has 1 fully saturated rings. The zero-order valence-electron chi connectivity index (χ0n) is 9.10. The summed E-state index contributed by atoms with van der Waals surface area (Å²) in [5, 5.41) is 16.4. The van der Waals surface area contributed by atoms with Gasteiger partial charge in [-0.1, -0.05) is 0 Å². The number of aliphatic carboxylic acids is 1. The van der Waals surface area contributed by atoms with Crippen LogP contribution in [0, 0.1) is 12.3 Å². The highest BCUT2D eigenvalue weighted by Crippen LogP contribution is 2.51. The molecule has 0 saturated heterocycles. The molecule has 5 nitrogen and oxygen atoms in total. The topological polar surface area (TPSA) is 76.2 Å². The number of rotatable bonds is 6. The first-order valence-corrected chi connectivity index (χ1v) is 6.34. The molecule has 0 spiro atoms. The van der Waals surface area contributed by atoms with Crippen LogP contribution in [-0.4, -0.2) is 27.0 Å². The summed E-state index contributed by atoms with van der Waals surface area (Å²) in [4.78, 5) is 10.6. The van der Waals surface area contributed by atoms with Gasteiger partial charge in [-0.05, 0) is 24.0 Å². The lowest BCUT2D eigenvalue weighted by molar-refractivity contribution is -0.138. The molecule has 88 valence electrons. The maximum absolute atomic E-state index is 10.6. The van der Waals surface area contributed by atoms with Crippen molar-refractivity contribution < 1.29 is 14.3 Å². The Morgan fingerprint density at radius 1 is 1.56 bits per heavy atom. The summed E-state index contributed by atoms with van der Waals surface area (Å²) in [6.07, 6.45) is 2.33. The van der Waals surface area contributed by atoms with Gasteiger partial charge in [0.05, 0.1) is 12.2 Å². The molecule has 0 atom stereocenters. The van der Waals surface area contributed by atoms with Gasteiger partial charge in [-0.25, -0.2) is 0 Å². The Kier molecular flexibility index (Phi) is 3.18. The van der Waals surface area contributed by atoms with Crippen LogP contribution in [0.3, 0.4) is 0 Å². The fraction of sp³-hybridized carbons (Fsp3) is 0.700. The van der Waals surface area contributed by atoms with Crippen molar-refractivity contribution in [3.05, 3.63) is 11.8 Å². The molecule has 2 rings (SSSR count). The number of hydrogen-bond acceptors (Lipinski definition) is 5. The molecule has 1 aromatic rings. The lowest BCUT2D eigenvalue weighted by Gasteiger charge is -2.10. The molecule has 0 amide bonds.